The molecule has 44 heavy (non-hydrogen) atoms. The minimum absolute atomic E-state index is 0.0962. The normalized spacial score (nSPS) is 17.2. The standard InChI is InChI=1S/C31H30ClN5O6S/c32-25-6-3-7-27(19-25)36-31(38)30(43-28-13-10-23-4-1-2-5-24(23)18-28)29(20-33-36)34-14-16-35(17-15-34)44(41,42)21-22-8-11-26(12-9-22)37(39)40/h1-9,11-12,19-20,28H,10,13-18,21H2. The lowest BCUT2D eigenvalue weighted by molar-refractivity contribution is -0.384. The molecule has 1 aromatic heterocycles. The van der Waals surface area contributed by atoms with Crippen molar-refractivity contribution >= 4 is 33.0 Å². The number of non-ortho nitro benzene ring substituents is 1. The van der Waals surface area contributed by atoms with Crippen molar-refractivity contribution in [3.05, 3.63) is 121 Å². The molecule has 1 unspecified atom stereocenters. The van der Waals surface area contributed by atoms with Crippen LogP contribution >= 0.6 is 11.6 Å². The highest BCUT2D eigenvalue weighted by molar-refractivity contribution is 7.88. The fraction of sp³-hybridized carbons (Fsp3) is 0.290. The molecule has 4 aromatic rings. The Morgan fingerprint density at radius 1 is 0.977 bits per heavy atom. The van der Waals surface area contributed by atoms with E-state index in [0.29, 0.717) is 41.5 Å². The van der Waals surface area contributed by atoms with Gasteiger partial charge in [-0.3, -0.25) is 14.9 Å². The van der Waals surface area contributed by atoms with Crippen molar-refractivity contribution in [1.29, 1.82) is 0 Å². The quantitative estimate of drug-likeness (QED) is 0.206. The van der Waals surface area contributed by atoms with E-state index in [-0.39, 0.29) is 36.4 Å². The summed E-state index contributed by atoms with van der Waals surface area (Å²) in [5.41, 5.74) is 3.45. The lowest BCUT2D eigenvalue weighted by Crippen LogP contribution is -2.49. The number of hydrogen-bond acceptors (Lipinski definition) is 8. The molecular weight excluding hydrogens is 606 g/mol. The van der Waals surface area contributed by atoms with E-state index in [2.05, 4.69) is 17.2 Å². The van der Waals surface area contributed by atoms with Gasteiger partial charge in [0.15, 0.2) is 0 Å². The molecule has 2 heterocycles. The zero-order chi connectivity index (χ0) is 30.8. The highest BCUT2D eigenvalue weighted by atomic mass is 35.5. The number of fused-ring (bicyclic) bond motifs is 1. The van der Waals surface area contributed by atoms with Crippen LogP contribution in [0.25, 0.3) is 5.69 Å². The maximum absolute atomic E-state index is 13.9. The van der Waals surface area contributed by atoms with Crippen LogP contribution in [0.2, 0.25) is 5.02 Å². The van der Waals surface area contributed by atoms with Crippen molar-refractivity contribution in [2.45, 2.75) is 31.1 Å². The predicted molar refractivity (Wildman–Crippen MR) is 167 cm³/mol. The van der Waals surface area contributed by atoms with Gasteiger partial charge in [0, 0.05) is 49.8 Å². The Bertz CT molecular complexity index is 1860. The molecule has 0 saturated carbocycles. The molecule has 1 aliphatic carbocycles. The third-order valence-electron chi connectivity index (χ3n) is 8.02. The largest absolute Gasteiger partial charge is 0.483 e. The fourth-order valence-electron chi connectivity index (χ4n) is 5.71. The Kier molecular flexibility index (Phi) is 8.39. The van der Waals surface area contributed by atoms with Gasteiger partial charge in [0.2, 0.25) is 15.8 Å². The van der Waals surface area contributed by atoms with Crippen molar-refractivity contribution < 1.29 is 18.1 Å². The second-order valence-electron chi connectivity index (χ2n) is 10.9. The molecule has 1 atom stereocenters. The minimum atomic E-state index is -3.68. The van der Waals surface area contributed by atoms with Crippen LogP contribution in [0.5, 0.6) is 5.75 Å². The Morgan fingerprint density at radius 3 is 2.41 bits per heavy atom. The third kappa shape index (κ3) is 6.33. The zero-order valence-electron chi connectivity index (χ0n) is 23.7. The number of nitrogens with zero attached hydrogens (tertiary/aromatic N) is 5. The Labute approximate surface area is 259 Å². The Hall–Kier alpha value is -4.26. The van der Waals surface area contributed by atoms with Crippen LogP contribution in [0.4, 0.5) is 11.4 Å². The topological polar surface area (TPSA) is 128 Å². The number of aryl methyl sites for hydroxylation is 1. The molecule has 1 fully saturated rings. The molecule has 11 nitrogen and oxygen atoms in total. The number of ether oxygens (including phenoxy) is 1. The van der Waals surface area contributed by atoms with Crippen LogP contribution in [0.1, 0.15) is 23.1 Å². The average molecular weight is 636 g/mol. The summed E-state index contributed by atoms with van der Waals surface area (Å²) in [4.78, 5) is 26.3. The average Bonchev–Trinajstić information content (AvgIpc) is 3.02. The van der Waals surface area contributed by atoms with Gasteiger partial charge in [0.05, 0.1) is 22.6 Å². The van der Waals surface area contributed by atoms with Crippen molar-refractivity contribution in [2.75, 3.05) is 31.1 Å². The summed E-state index contributed by atoms with van der Waals surface area (Å²) < 4.78 is 35.6. The van der Waals surface area contributed by atoms with Crippen molar-refractivity contribution in [1.82, 2.24) is 14.1 Å². The van der Waals surface area contributed by atoms with Gasteiger partial charge in [-0.1, -0.05) is 54.1 Å². The minimum Gasteiger partial charge on any atom is -0.483 e. The molecule has 228 valence electrons. The van der Waals surface area contributed by atoms with E-state index in [0.717, 1.165) is 12.8 Å². The first kappa shape index (κ1) is 29.8. The summed E-state index contributed by atoms with van der Waals surface area (Å²) in [7, 11) is -3.68. The van der Waals surface area contributed by atoms with Gasteiger partial charge in [0.25, 0.3) is 5.69 Å². The lowest BCUT2D eigenvalue weighted by Gasteiger charge is -2.36. The van der Waals surface area contributed by atoms with Gasteiger partial charge >= 0.3 is 5.56 Å². The number of rotatable bonds is 8. The van der Waals surface area contributed by atoms with Crippen molar-refractivity contribution in [3.63, 3.8) is 0 Å². The second-order valence-corrected chi connectivity index (χ2v) is 13.3. The molecule has 1 aliphatic heterocycles. The van der Waals surface area contributed by atoms with Gasteiger partial charge in [-0.05, 0) is 47.7 Å². The van der Waals surface area contributed by atoms with Gasteiger partial charge in [-0.2, -0.15) is 14.1 Å². The molecule has 3 aromatic carbocycles. The zero-order valence-corrected chi connectivity index (χ0v) is 25.3. The summed E-state index contributed by atoms with van der Waals surface area (Å²) >= 11 is 6.20. The Balaban J connectivity index is 1.23. The van der Waals surface area contributed by atoms with Gasteiger partial charge in [-0.15, -0.1) is 0 Å². The molecule has 0 radical (unpaired) electrons. The third-order valence-corrected chi connectivity index (χ3v) is 10.1. The van der Waals surface area contributed by atoms with E-state index in [1.807, 2.05) is 17.0 Å². The Morgan fingerprint density at radius 2 is 1.70 bits per heavy atom. The lowest BCUT2D eigenvalue weighted by atomic mass is 9.90. The molecule has 6 rings (SSSR count). The number of aromatic nitrogens is 2. The summed E-state index contributed by atoms with van der Waals surface area (Å²) in [6, 6.07) is 20.6. The number of hydrogen-bond donors (Lipinski definition) is 0. The molecule has 2 aliphatic rings. The van der Waals surface area contributed by atoms with Crippen LogP contribution in [-0.2, 0) is 28.6 Å². The maximum Gasteiger partial charge on any atom is 0.316 e. The van der Waals surface area contributed by atoms with Crippen LogP contribution in [0.3, 0.4) is 0 Å². The second kappa shape index (κ2) is 12.4. The maximum atomic E-state index is 13.9. The molecular formula is C31H30ClN5O6S. The summed E-state index contributed by atoms with van der Waals surface area (Å²) in [5, 5.41) is 15.8. The van der Waals surface area contributed by atoms with E-state index in [1.54, 1.807) is 30.5 Å². The van der Waals surface area contributed by atoms with Gasteiger partial charge in [-0.25, -0.2) is 8.42 Å². The van der Waals surface area contributed by atoms with Gasteiger partial charge < -0.3 is 9.64 Å². The van der Waals surface area contributed by atoms with Gasteiger partial charge in [0.1, 0.15) is 11.8 Å². The number of piperazine rings is 1. The summed E-state index contributed by atoms with van der Waals surface area (Å²) in [6.45, 7) is 1.04. The molecule has 13 heteroatoms. The number of nitro groups is 1. The number of anilines is 1. The van der Waals surface area contributed by atoms with E-state index < -0.39 is 20.5 Å². The van der Waals surface area contributed by atoms with E-state index in [4.69, 9.17) is 16.3 Å². The van der Waals surface area contributed by atoms with E-state index >= 15 is 0 Å². The first-order valence-electron chi connectivity index (χ1n) is 14.3. The number of halogens is 1. The molecule has 1 saturated heterocycles. The van der Waals surface area contributed by atoms with E-state index in [9.17, 15) is 23.3 Å². The number of sulfonamides is 1. The van der Waals surface area contributed by atoms with Crippen LogP contribution in [-0.4, -0.2) is 59.7 Å². The monoisotopic (exact) mass is 635 g/mol. The molecule has 0 N–H and O–H groups in total. The van der Waals surface area contributed by atoms with Crippen LogP contribution in [0, 0.1) is 10.1 Å². The number of benzene rings is 3. The first-order valence-corrected chi connectivity index (χ1v) is 16.2. The van der Waals surface area contributed by atoms with Crippen molar-refractivity contribution in [2.24, 2.45) is 0 Å². The predicted octanol–water partition coefficient (Wildman–Crippen LogP) is 4.38. The summed E-state index contributed by atoms with van der Waals surface area (Å²) in [6.07, 6.45) is 3.65. The first-order chi connectivity index (χ1) is 21.2. The fourth-order valence-corrected chi connectivity index (χ4v) is 7.41. The van der Waals surface area contributed by atoms with Crippen LogP contribution < -0.4 is 15.2 Å². The van der Waals surface area contributed by atoms with E-state index in [1.165, 1.54) is 44.4 Å². The highest BCUT2D eigenvalue weighted by Gasteiger charge is 2.31. The van der Waals surface area contributed by atoms with Crippen LogP contribution in [0.15, 0.2) is 83.8 Å². The SMILES string of the molecule is O=c1c(OC2CCc3ccccc3C2)c(N2CCN(S(=O)(=O)Cc3ccc([N+](=O)[O-])cc3)CC2)cnn1-c1cccc(Cl)c1. The molecule has 0 bridgehead atoms. The van der Waals surface area contributed by atoms with Crippen molar-refractivity contribution in [3.8, 4) is 11.4 Å². The summed E-state index contributed by atoms with van der Waals surface area (Å²) in [5.74, 6) is -0.0914. The number of nitro benzene ring substituents is 1. The molecule has 0 spiro atoms. The highest BCUT2D eigenvalue weighted by Crippen LogP contribution is 2.31. The molecule has 0 amide bonds. The smallest absolute Gasteiger partial charge is 0.316 e.